The molecule has 1 N–H and O–H groups in total. The summed E-state index contributed by atoms with van der Waals surface area (Å²) in [6, 6.07) is 7.56. The lowest BCUT2D eigenvalue weighted by Crippen LogP contribution is -2.41. The molecule has 126 valence electrons. The van der Waals surface area contributed by atoms with Crippen LogP contribution in [0.15, 0.2) is 30.5 Å². The zero-order chi connectivity index (χ0) is 17.1. The normalized spacial score (nSPS) is 14.5. The van der Waals surface area contributed by atoms with E-state index < -0.39 is 0 Å². The Balaban J connectivity index is 1.82. The Morgan fingerprint density at radius 1 is 1.25 bits per heavy atom. The molecule has 0 radical (unpaired) electrons. The van der Waals surface area contributed by atoms with Crippen LogP contribution >= 0.6 is 11.6 Å². The van der Waals surface area contributed by atoms with Gasteiger partial charge in [-0.3, -0.25) is 9.78 Å². The van der Waals surface area contributed by atoms with Crippen molar-refractivity contribution in [3.8, 4) is 0 Å². The van der Waals surface area contributed by atoms with Gasteiger partial charge in [-0.25, -0.2) is 0 Å². The molecule has 1 aliphatic heterocycles. The standard InChI is InChI=1S/C18H20ClN3O2/c1-12-9-13(2)17(15(19)10-12)21-14-3-4-20-16(11-14)18(23)22-5-7-24-8-6-22/h3-4,9-11H,5-8H2,1-2H3,(H,20,21). The van der Waals surface area contributed by atoms with Gasteiger partial charge in [-0.2, -0.15) is 0 Å². The Hall–Kier alpha value is -2.11. The summed E-state index contributed by atoms with van der Waals surface area (Å²) >= 11 is 6.34. The second kappa shape index (κ2) is 7.20. The molecule has 1 aliphatic rings. The third-order valence-corrected chi connectivity index (χ3v) is 4.28. The summed E-state index contributed by atoms with van der Waals surface area (Å²) in [7, 11) is 0. The van der Waals surface area contributed by atoms with E-state index in [4.69, 9.17) is 16.3 Å². The lowest BCUT2D eigenvalue weighted by Gasteiger charge is -2.26. The summed E-state index contributed by atoms with van der Waals surface area (Å²) in [6.45, 7) is 6.35. The van der Waals surface area contributed by atoms with Crippen molar-refractivity contribution in [3.63, 3.8) is 0 Å². The second-order valence-corrected chi connectivity index (χ2v) is 6.31. The van der Waals surface area contributed by atoms with Crippen LogP contribution in [0.2, 0.25) is 5.02 Å². The van der Waals surface area contributed by atoms with Crippen LogP contribution in [0.3, 0.4) is 0 Å². The van der Waals surface area contributed by atoms with E-state index in [0.29, 0.717) is 37.0 Å². The molecule has 1 aromatic carbocycles. The minimum absolute atomic E-state index is 0.0753. The number of halogens is 1. The highest BCUT2D eigenvalue weighted by Crippen LogP contribution is 2.30. The van der Waals surface area contributed by atoms with Gasteiger partial charge in [0.15, 0.2) is 0 Å². The molecular weight excluding hydrogens is 326 g/mol. The van der Waals surface area contributed by atoms with Crippen LogP contribution in [0.5, 0.6) is 0 Å². The highest BCUT2D eigenvalue weighted by atomic mass is 35.5. The maximum absolute atomic E-state index is 12.5. The molecular formula is C18H20ClN3O2. The number of hydrogen-bond donors (Lipinski definition) is 1. The lowest BCUT2D eigenvalue weighted by molar-refractivity contribution is 0.0299. The fourth-order valence-corrected chi connectivity index (χ4v) is 3.14. The first-order valence-electron chi connectivity index (χ1n) is 7.91. The van der Waals surface area contributed by atoms with Gasteiger partial charge in [0.1, 0.15) is 5.69 Å². The minimum atomic E-state index is -0.0753. The SMILES string of the molecule is Cc1cc(C)c(Nc2ccnc(C(=O)N3CCOCC3)c2)c(Cl)c1. The van der Waals surface area contributed by atoms with Gasteiger partial charge < -0.3 is 15.0 Å². The summed E-state index contributed by atoms with van der Waals surface area (Å²) in [5.74, 6) is -0.0753. The van der Waals surface area contributed by atoms with Gasteiger partial charge in [-0.05, 0) is 43.2 Å². The zero-order valence-corrected chi connectivity index (χ0v) is 14.6. The van der Waals surface area contributed by atoms with Crippen LogP contribution in [-0.2, 0) is 4.74 Å². The number of hydrogen-bond acceptors (Lipinski definition) is 4. The van der Waals surface area contributed by atoms with E-state index in [2.05, 4.69) is 16.4 Å². The fourth-order valence-electron chi connectivity index (χ4n) is 2.77. The molecule has 3 rings (SSSR count). The van der Waals surface area contributed by atoms with E-state index in [1.165, 1.54) is 0 Å². The Labute approximate surface area is 146 Å². The molecule has 0 saturated carbocycles. The number of aromatic nitrogens is 1. The molecule has 1 aromatic heterocycles. The smallest absolute Gasteiger partial charge is 0.272 e. The number of carbonyl (C=O) groups excluding carboxylic acids is 1. The minimum Gasteiger partial charge on any atom is -0.378 e. The monoisotopic (exact) mass is 345 g/mol. The maximum Gasteiger partial charge on any atom is 0.272 e. The van der Waals surface area contributed by atoms with Crippen LogP contribution < -0.4 is 5.32 Å². The molecule has 2 heterocycles. The summed E-state index contributed by atoms with van der Waals surface area (Å²) < 4.78 is 5.28. The Kier molecular flexibility index (Phi) is 5.02. The van der Waals surface area contributed by atoms with Crippen LogP contribution in [0.1, 0.15) is 21.6 Å². The highest BCUT2D eigenvalue weighted by Gasteiger charge is 2.20. The van der Waals surface area contributed by atoms with Gasteiger partial charge >= 0.3 is 0 Å². The Morgan fingerprint density at radius 3 is 2.71 bits per heavy atom. The number of ether oxygens (including phenoxy) is 1. The van der Waals surface area contributed by atoms with E-state index >= 15 is 0 Å². The van der Waals surface area contributed by atoms with Gasteiger partial charge in [0.2, 0.25) is 0 Å². The Bertz CT molecular complexity index is 735. The largest absolute Gasteiger partial charge is 0.378 e. The molecule has 0 bridgehead atoms. The molecule has 1 saturated heterocycles. The molecule has 0 unspecified atom stereocenters. The predicted octanol–water partition coefficient (Wildman–Crippen LogP) is 3.57. The first-order chi connectivity index (χ1) is 11.5. The van der Waals surface area contributed by atoms with Crippen molar-refractivity contribution in [2.45, 2.75) is 13.8 Å². The first-order valence-corrected chi connectivity index (χ1v) is 8.29. The molecule has 1 amide bonds. The van der Waals surface area contributed by atoms with Crippen LogP contribution in [0, 0.1) is 13.8 Å². The number of aryl methyl sites for hydroxylation is 2. The van der Waals surface area contributed by atoms with Crippen molar-refractivity contribution in [2.75, 3.05) is 31.6 Å². The molecule has 1 fully saturated rings. The summed E-state index contributed by atoms with van der Waals surface area (Å²) in [4.78, 5) is 18.5. The number of rotatable bonds is 3. The van der Waals surface area contributed by atoms with Gasteiger partial charge in [0, 0.05) is 25.0 Å². The van der Waals surface area contributed by atoms with Crippen molar-refractivity contribution in [1.82, 2.24) is 9.88 Å². The topological polar surface area (TPSA) is 54.5 Å². The van der Waals surface area contributed by atoms with E-state index in [1.54, 1.807) is 17.2 Å². The number of carbonyl (C=O) groups is 1. The molecule has 0 spiro atoms. The number of nitrogens with zero attached hydrogens (tertiary/aromatic N) is 2. The second-order valence-electron chi connectivity index (χ2n) is 5.90. The third kappa shape index (κ3) is 3.68. The van der Waals surface area contributed by atoms with Gasteiger partial charge in [-0.1, -0.05) is 17.7 Å². The average Bonchev–Trinajstić information content (AvgIpc) is 2.58. The van der Waals surface area contributed by atoms with Crippen LogP contribution in [0.4, 0.5) is 11.4 Å². The van der Waals surface area contributed by atoms with Crippen molar-refractivity contribution in [2.24, 2.45) is 0 Å². The lowest BCUT2D eigenvalue weighted by atomic mass is 10.1. The quantitative estimate of drug-likeness (QED) is 0.924. The maximum atomic E-state index is 12.5. The number of nitrogens with one attached hydrogen (secondary N) is 1. The average molecular weight is 346 g/mol. The molecule has 2 aromatic rings. The number of anilines is 2. The fraction of sp³-hybridized carbons (Fsp3) is 0.333. The van der Waals surface area contributed by atoms with Gasteiger partial charge in [0.05, 0.1) is 23.9 Å². The Morgan fingerprint density at radius 2 is 2.00 bits per heavy atom. The molecule has 24 heavy (non-hydrogen) atoms. The molecule has 5 nitrogen and oxygen atoms in total. The number of pyridine rings is 1. The summed E-state index contributed by atoms with van der Waals surface area (Å²) in [5, 5.41) is 3.96. The van der Waals surface area contributed by atoms with E-state index in [1.807, 2.05) is 26.0 Å². The van der Waals surface area contributed by atoms with E-state index in [9.17, 15) is 4.79 Å². The number of morpholine rings is 1. The molecule has 0 aliphatic carbocycles. The summed E-state index contributed by atoms with van der Waals surface area (Å²) in [6.07, 6.45) is 1.63. The van der Waals surface area contributed by atoms with Gasteiger partial charge in [0.25, 0.3) is 5.91 Å². The van der Waals surface area contributed by atoms with Gasteiger partial charge in [-0.15, -0.1) is 0 Å². The van der Waals surface area contributed by atoms with Crippen molar-refractivity contribution >= 4 is 28.9 Å². The first kappa shape index (κ1) is 16.7. The van der Waals surface area contributed by atoms with Crippen LogP contribution in [0.25, 0.3) is 0 Å². The highest BCUT2D eigenvalue weighted by molar-refractivity contribution is 6.33. The van der Waals surface area contributed by atoms with E-state index in [0.717, 1.165) is 22.5 Å². The summed E-state index contributed by atoms with van der Waals surface area (Å²) in [5.41, 5.74) is 4.22. The predicted molar refractivity (Wildman–Crippen MR) is 95.2 cm³/mol. The molecule has 6 heteroatoms. The molecule has 0 atom stereocenters. The van der Waals surface area contributed by atoms with Crippen molar-refractivity contribution in [3.05, 3.63) is 52.3 Å². The zero-order valence-electron chi connectivity index (χ0n) is 13.8. The number of amides is 1. The van der Waals surface area contributed by atoms with Crippen LogP contribution in [-0.4, -0.2) is 42.1 Å². The van der Waals surface area contributed by atoms with Crippen molar-refractivity contribution in [1.29, 1.82) is 0 Å². The third-order valence-electron chi connectivity index (χ3n) is 3.98. The van der Waals surface area contributed by atoms with E-state index in [-0.39, 0.29) is 5.91 Å². The number of benzene rings is 1. The van der Waals surface area contributed by atoms with Crippen molar-refractivity contribution < 1.29 is 9.53 Å².